The molecule has 0 aliphatic carbocycles. The molecule has 3 rings (SSSR count). The minimum atomic E-state index is -1.56. The van der Waals surface area contributed by atoms with Gasteiger partial charge >= 0.3 is 0 Å². The monoisotopic (exact) mass is 280 g/mol. The molecule has 2 aliphatic rings. The topological polar surface area (TPSA) is 52.6 Å². The number of benzene rings is 1. The van der Waals surface area contributed by atoms with Crippen LogP contribution in [0.1, 0.15) is 30.4 Å². The summed E-state index contributed by atoms with van der Waals surface area (Å²) in [6, 6.07) is 3.49. The molecule has 4 nitrogen and oxygen atoms in total. The average Bonchev–Trinajstić information content (AvgIpc) is 2.66. The van der Waals surface area contributed by atoms with E-state index in [1.807, 2.05) is 11.8 Å². The van der Waals surface area contributed by atoms with Crippen LogP contribution < -0.4 is 5.32 Å². The second kappa shape index (κ2) is 4.47. The number of nitrogens with zero attached hydrogens (tertiary/aromatic N) is 1. The molecule has 2 aliphatic heterocycles. The maximum absolute atomic E-state index is 12.3. The average molecular weight is 281 g/mol. The van der Waals surface area contributed by atoms with Crippen molar-refractivity contribution < 1.29 is 9.90 Å². The maximum atomic E-state index is 12.3. The molecule has 0 spiro atoms. The normalized spacial score (nSPS) is 27.2. The Balaban J connectivity index is 2.10. The molecule has 1 fully saturated rings. The number of likely N-dealkylation sites (tertiary alicyclic amines) is 1. The first kappa shape index (κ1) is 12.9. The van der Waals surface area contributed by atoms with Gasteiger partial charge in [0.25, 0.3) is 5.91 Å². The fourth-order valence-corrected chi connectivity index (χ4v) is 3.31. The van der Waals surface area contributed by atoms with E-state index >= 15 is 0 Å². The van der Waals surface area contributed by atoms with Gasteiger partial charge in [-0.3, -0.25) is 9.69 Å². The lowest BCUT2D eigenvalue weighted by Crippen LogP contribution is -2.52. The number of anilines is 1. The molecule has 102 valence electrons. The van der Waals surface area contributed by atoms with Crippen LogP contribution >= 0.6 is 11.6 Å². The van der Waals surface area contributed by atoms with Crippen molar-refractivity contribution in [3.63, 3.8) is 0 Å². The number of carbonyl (C=O) groups excluding carboxylic acids is 1. The van der Waals surface area contributed by atoms with Crippen LogP contribution in [-0.2, 0) is 10.5 Å². The third kappa shape index (κ3) is 1.86. The Kier molecular flexibility index (Phi) is 3.04. The van der Waals surface area contributed by atoms with E-state index in [2.05, 4.69) is 5.32 Å². The highest BCUT2D eigenvalue weighted by atomic mass is 35.5. The lowest BCUT2D eigenvalue weighted by molar-refractivity contribution is -0.161. The Labute approximate surface area is 117 Å². The van der Waals surface area contributed by atoms with Gasteiger partial charge in [-0.15, -0.1) is 0 Å². The zero-order valence-corrected chi connectivity index (χ0v) is 11.6. The van der Waals surface area contributed by atoms with E-state index in [1.54, 1.807) is 12.1 Å². The van der Waals surface area contributed by atoms with Gasteiger partial charge in [-0.25, -0.2) is 0 Å². The number of aryl methyl sites for hydroxylation is 1. The van der Waals surface area contributed by atoms with Crippen molar-refractivity contribution in [2.45, 2.75) is 31.9 Å². The molecule has 2 N–H and O–H groups in total. The smallest absolute Gasteiger partial charge is 0.276 e. The van der Waals surface area contributed by atoms with E-state index < -0.39 is 5.72 Å². The molecule has 1 saturated heterocycles. The van der Waals surface area contributed by atoms with Gasteiger partial charge in [0, 0.05) is 23.7 Å². The zero-order valence-electron chi connectivity index (χ0n) is 10.9. The quantitative estimate of drug-likeness (QED) is 0.829. The van der Waals surface area contributed by atoms with Gasteiger partial charge in [0.1, 0.15) is 0 Å². The van der Waals surface area contributed by atoms with E-state index in [-0.39, 0.29) is 5.91 Å². The van der Waals surface area contributed by atoms with Crippen molar-refractivity contribution >= 4 is 23.2 Å². The molecular formula is C14H17ClN2O2. The second-order valence-corrected chi connectivity index (χ2v) is 5.76. The first-order valence-electron chi connectivity index (χ1n) is 6.63. The summed E-state index contributed by atoms with van der Waals surface area (Å²) in [5.41, 5.74) is 0.599. The van der Waals surface area contributed by atoms with E-state index in [4.69, 9.17) is 11.6 Å². The number of fused-ring (bicyclic) bond motifs is 1. The van der Waals surface area contributed by atoms with Crippen molar-refractivity contribution in [1.29, 1.82) is 0 Å². The number of halogens is 1. The molecule has 0 unspecified atom stereocenters. The Morgan fingerprint density at radius 2 is 2.00 bits per heavy atom. The highest BCUT2D eigenvalue weighted by Gasteiger charge is 2.50. The molecule has 1 aromatic carbocycles. The number of rotatable bonds is 1. The molecule has 2 heterocycles. The van der Waals surface area contributed by atoms with Crippen molar-refractivity contribution in [1.82, 2.24) is 4.90 Å². The second-order valence-electron chi connectivity index (χ2n) is 5.32. The van der Waals surface area contributed by atoms with Gasteiger partial charge in [-0.2, -0.15) is 0 Å². The van der Waals surface area contributed by atoms with Crippen LogP contribution in [0.15, 0.2) is 12.1 Å². The van der Waals surface area contributed by atoms with Gasteiger partial charge in [0.2, 0.25) is 5.72 Å². The van der Waals surface area contributed by atoms with Crippen molar-refractivity contribution in [3.05, 3.63) is 28.3 Å². The Morgan fingerprint density at radius 1 is 1.32 bits per heavy atom. The molecule has 1 amide bonds. The van der Waals surface area contributed by atoms with Gasteiger partial charge in [0.15, 0.2) is 0 Å². The third-order valence-corrected chi connectivity index (χ3v) is 4.26. The number of amides is 1. The third-order valence-electron chi connectivity index (χ3n) is 4.04. The van der Waals surface area contributed by atoms with Gasteiger partial charge < -0.3 is 10.4 Å². The van der Waals surface area contributed by atoms with Crippen LogP contribution in [0.3, 0.4) is 0 Å². The van der Waals surface area contributed by atoms with Crippen LogP contribution in [0.25, 0.3) is 0 Å². The predicted octanol–water partition coefficient (Wildman–Crippen LogP) is 2.23. The highest BCUT2D eigenvalue weighted by molar-refractivity contribution is 6.31. The first-order chi connectivity index (χ1) is 9.03. The number of piperidine rings is 1. The van der Waals surface area contributed by atoms with Gasteiger partial charge in [-0.1, -0.05) is 18.0 Å². The van der Waals surface area contributed by atoms with Crippen LogP contribution in [0, 0.1) is 6.92 Å². The molecule has 0 saturated carbocycles. The first-order valence-corrected chi connectivity index (χ1v) is 7.01. The molecule has 0 radical (unpaired) electrons. The largest absolute Gasteiger partial charge is 0.364 e. The summed E-state index contributed by atoms with van der Waals surface area (Å²) in [5.74, 6) is -0.366. The molecule has 1 atom stereocenters. The summed E-state index contributed by atoms with van der Waals surface area (Å²) in [6.45, 7) is 3.34. The van der Waals surface area contributed by atoms with Crippen molar-refractivity contribution in [2.75, 3.05) is 18.4 Å². The number of aliphatic hydroxyl groups is 1. The molecule has 0 bridgehead atoms. The summed E-state index contributed by atoms with van der Waals surface area (Å²) in [6.07, 6.45) is 3.16. The maximum Gasteiger partial charge on any atom is 0.276 e. The SMILES string of the molecule is Cc1cc(Cl)cc2c1NC(=O)[C@]2(O)N1CCCCC1. The summed E-state index contributed by atoms with van der Waals surface area (Å²) < 4.78 is 0. The Hall–Kier alpha value is -1.10. The lowest BCUT2D eigenvalue weighted by atomic mass is 9.97. The Morgan fingerprint density at radius 3 is 2.68 bits per heavy atom. The summed E-state index contributed by atoms with van der Waals surface area (Å²) in [5, 5.41) is 14.3. The van der Waals surface area contributed by atoms with Crippen molar-refractivity contribution in [3.8, 4) is 0 Å². The molecule has 5 heteroatoms. The van der Waals surface area contributed by atoms with E-state index in [0.717, 1.165) is 37.9 Å². The van der Waals surface area contributed by atoms with Crippen LogP contribution in [0.5, 0.6) is 0 Å². The van der Waals surface area contributed by atoms with E-state index in [0.29, 0.717) is 16.3 Å². The number of hydrogen-bond donors (Lipinski definition) is 2. The number of carbonyl (C=O) groups is 1. The lowest BCUT2D eigenvalue weighted by Gasteiger charge is -2.37. The minimum absolute atomic E-state index is 0.366. The van der Waals surface area contributed by atoms with E-state index in [1.165, 1.54) is 0 Å². The van der Waals surface area contributed by atoms with Gasteiger partial charge in [0.05, 0.1) is 5.69 Å². The molecule has 1 aromatic rings. The summed E-state index contributed by atoms with van der Waals surface area (Å²) in [4.78, 5) is 14.1. The van der Waals surface area contributed by atoms with Crippen LogP contribution in [0.2, 0.25) is 5.02 Å². The molecule has 0 aromatic heterocycles. The van der Waals surface area contributed by atoms with Crippen molar-refractivity contribution in [2.24, 2.45) is 0 Å². The summed E-state index contributed by atoms with van der Waals surface area (Å²) >= 11 is 6.07. The van der Waals surface area contributed by atoms with Gasteiger partial charge in [-0.05, 0) is 37.5 Å². The van der Waals surface area contributed by atoms with Crippen LogP contribution in [-0.4, -0.2) is 29.0 Å². The highest BCUT2D eigenvalue weighted by Crippen LogP contribution is 2.42. The predicted molar refractivity (Wildman–Crippen MR) is 74.1 cm³/mol. The molecular weight excluding hydrogens is 264 g/mol. The molecule has 19 heavy (non-hydrogen) atoms. The number of hydrogen-bond acceptors (Lipinski definition) is 3. The fourth-order valence-electron chi connectivity index (χ4n) is 3.04. The number of nitrogens with one attached hydrogen (secondary N) is 1. The van der Waals surface area contributed by atoms with E-state index in [9.17, 15) is 9.90 Å². The van der Waals surface area contributed by atoms with Crippen LogP contribution in [0.4, 0.5) is 5.69 Å². The minimum Gasteiger partial charge on any atom is -0.364 e. The standard InChI is InChI=1S/C14H17ClN2O2/c1-9-7-10(15)8-11-12(9)16-13(18)14(11,19)17-5-3-2-4-6-17/h7-8,19H,2-6H2,1H3,(H,16,18)/t14-/m0/s1. The Bertz CT molecular complexity index is 540. The fraction of sp³-hybridized carbons (Fsp3) is 0.500. The zero-order chi connectivity index (χ0) is 13.6. The summed E-state index contributed by atoms with van der Waals surface area (Å²) in [7, 11) is 0.